The van der Waals surface area contributed by atoms with Crippen LogP contribution in [0.25, 0.3) is 0 Å². The molecule has 0 unspecified atom stereocenters. The summed E-state index contributed by atoms with van der Waals surface area (Å²) in [5.41, 5.74) is 1.63. The Bertz CT molecular complexity index is 1060. The van der Waals surface area contributed by atoms with Gasteiger partial charge in [-0.25, -0.2) is 8.42 Å². The highest BCUT2D eigenvalue weighted by Gasteiger charge is 2.33. The Kier molecular flexibility index (Phi) is 6.86. The predicted octanol–water partition coefficient (Wildman–Crippen LogP) is 4.05. The summed E-state index contributed by atoms with van der Waals surface area (Å²) in [7, 11) is -3.83. The molecule has 29 heavy (non-hydrogen) atoms. The summed E-state index contributed by atoms with van der Waals surface area (Å²) >= 11 is 6.05. The Balaban J connectivity index is 2.48. The van der Waals surface area contributed by atoms with Crippen molar-refractivity contribution in [2.45, 2.75) is 33.2 Å². The molecular formula is C19H22ClN3O5S. The largest absolute Gasteiger partial charge is 0.324 e. The fourth-order valence-electron chi connectivity index (χ4n) is 2.93. The van der Waals surface area contributed by atoms with E-state index in [9.17, 15) is 23.3 Å². The molecule has 0 saturated heterocycles. The topological polar surface area (TPSA) is 110 Å². The number of hydrogen-bond acceptors (Lipinski definition) is 5. The number of amides is 1. The summed E-state index contributed by atoms with van der Waals surface area (Å²) in [5.74, 6) is -0.596. The number of nitrogens with one attached hydrogen (secondary N) is 1. The summed E-state index contributed by atoms with van der Waals surface area (Å²) in [6.07, 6.45) is 1.20. The number of benzene rings is 2. The molecule has 1 amide bonds. The third-order valence-electron chi connectivity index (χ3n) is 4.43. The molecule has 0 radical (unpaired) electrons. The molecule has 8 nitrogen and oxygen atoms in total. The van der Waals surface area contributed by atoms with Crippen molar-refractivity contribution in [1.29, 1.82) is 0 Å². The molecule has 0 aliphatic rings. The zero-order valence-electron chi connectivity index (χ0n) is 16.5. The first-order valence-electron chi connectivity index (χ1n) is 8.77. The highest BCUT2D eigenvalue weighted by Crippen LogP contribution is 2.30. The van der Waals surface area contributed by atoms with Crippen molar-refractivity contribution in [1.82, 2.24) is 0 Å². The zero-order valence-corrected chi connectivity index (χ0v) is 18.0. The SMILES string of the molecule is CC[C@H](C(=O)Nc1cc([N+](=O)[O-])ccc1C)N(c1cc(Cl)ccc1C)S(C)(=O)=O. The molecule has 0 spiro atoms. The number of nitro benzene ring substituents is 1. The predicted molar refractivity (Wildman–Crippen MR) is 114 cm³/mol. The molecule has 0 aromatic heterocycles. The van der Waals surface area contributed by atoms with Crippen molar-refractivity contribution in [3.8, 4) is 0 Å². The van der Waals surface area contributed by atoms with Gasteiger partial charge in [-0.2, -0.15) is 0 Å². The first kappa shape index (κ1) is 22.6. The number of nitrogens with zero attached hydrogens (tertiary/aromatic N) is 2. The van der Waals surface area contributed by atoms with E-state index >= 15 is 0 Å². The molecule has 1 atom stereocenters. The van der Waals surface area contributed by atoms with E-state index in [-0.39, 0.29) is 17.8 Å². The number of carbonyl (C=O) groups excluding carboxylic acids is 1. The highest BCUT2D eigenvalue weighted by atomic mass is 35.5. The molecule has 156 valence electrons. The average molecular weight is 440 g/mol. The molecule has 2 rings (SSSR count). The molecular weight excluding hydrogens is 418 g/mol. The van der Waals surface area contributed by atoms with E-state index in [1.54, 1.807) is 32.9 Å². The highest BCUT2D eigenvalue weighted by molar-refractivity contribution is 7.92. The van der Waals surface area contributed by atoms with Gasteiger partial charge in [-0.3, -0.25) is 19.2 Å². The molecule has 0 aliphatic carbocycles. The van der Waals surface area contributed by atoms with Crippen molar-refractivity contribution in [3.05, 3.63) is 62.7 Å². The van der Waals surface area contributed by atoms with E-state index in [1.807, 2.05) is 0 Å². The number of hydrogen-bond donors (Lipinski definition) is 1. The average Bonchev–Trinajstić information content (AvgIpc) is 2.62. The maximum absolute atomic E-state index is 13.0. The third-order valence-corrected chi connectivity index (χ3v) is 5.83. The van der Waals surface area contributed by atoms with Crippen molar-refractivity contribution < 1.29 is 18.1 Å². The second-order valence-electron chi connectivity index (χ2n) is 6.66. The summed E-state index contributed by atoms with van der Waals surface area (Å²) in [5, 5.41) is 14.0. The second kappa shape index (κ2) is 8.79. The summed E-state index contributed by atoms with van der Waals surface area (Å²) in [6, 6.07) is 7.83. The Morgan fingerprint density at radius 2 is 1.83 bits per heavy atom. The Hall–Kier alpha value is -2.65. The quantitative estimate of drug-likeness (QED) is 0.517. The standard InChI is InChI=1S/C19H22ClN3O5S/c1-5-17(19(24)21-16-11-15(23(25)26)9-7-12(16)2)22(29(4,27)28)18-10-14(20)8-6-13(18)3/h6-11,17H,5H2,1-4H3,(H,21,24)/t17-/m1/s1. The third kappa shape index (κ3) is 5.24. The summed E-state index contributed by atoms with van der Waals surface area (Å²) in [4.78, 5) is 23.5. The van der Waals surface area contributed by atoms with Gasteiger partial charge in [0.05, 0.1) is 22.6 Å². The monoisotopic (exact) mass is 439 g/mol. The number of halogens is 1. The fourth-order valence-corrected chi connectivity index (χ4v) is 4.36. The number of aryl methyl sites for hydroxylation is 2. The smallest absolute Gasteiger partial charge is 0.271 e. The van der Waals surface area contributed by atoms with Crippen molar-refractivity contribution in [3.63, 3.8) is 0 Å². The van der Waals surface area contributed by atoms with Gasteiger partial charge in [0.2, 0.25) is 15.9 Å². The van der Waals surface area contributed by atoms with Crippen LogP contribution in [0, 0.1) is 24.0 Å². The van der Waals surface area contributed by atoms with Crippen LogP contribution in [0.3, 0.4) is 0 Å². The number of nitro groups is 1. The molecule has 0 bridgehead atoms. The van der Waals surface area contributed by atoms with E-state index in [2.05, 4.69) is 5.32 Å². The number of anilines is 2. The van der Waals surface area contributed by atoms with Crippen LogP contribution in [0.2, 0.25) is 5.02 Å². The Morgan fingerprint density at radius 3 is 2.38 bits per heavy atom. The number of sulfonamides is 1. The lowest BCUT2D eigenvalue weighted by molar-refractivity contribution is -0.384. The van der Waals surface area contributed by atoms with Crippen LogP contribution in [-0.4, -0.2) is 31.5 Å². The number of carbonyl (C=O) groups is 1. The lowest BCUT2D eigenvalue weighted by Crippen LogP contribution is -2.47. The summed E-state index contributed by atoms with van der Waals surface area (Å²) in [6.45, 7) is 5.09. The van der Waals surface area contributed by atoms with Gasteiger partial charge >= 0.3 is 0 Å². The molecule has 2 aromatic carbocycles. The first-order chi connectivity index (χ1) is 13.5. The lowest BCUT2D eigenvalue weighted by Gasteiger charge is -2.31. The van der Waals surface area contributed by atoms with Crippen LogP contribution in [0.15, 0.2) is 36.4 Å². The van der Waals surface area contributed by atoms with E-state index in [1.165, 1.54) is 24.3 Å². The molecule has 1 N–H and O–H groups in total. The van der Waals surface area contributed by atoms with E-state index in [0.717, 1.165) is 10.6 Å². The van der Waals surface area contributed by atoms with Gasteiger partial charge in [0.25, 0.3) is 5.69 Å². The Labute approximate surface area is 174 Å². The van der Waals surface area contributed by atoms with Crippen LogP contribution in [-0.2, 0) is 14.8 Å². The molecule has 2 aromatic rings. The maximum Gasteiger partial charge on any atom is 0.271 e. The molecule has 0 aliphatic heterocycles. The second-order valence-corrected chi connectivity index (χ2v) is 8.96. The van der Waals surface area contributed by atoms with Gasteiger partial charge in [0.1, 0.15) is 6.04 Å². The first-order valence-corrected chi connectivity index (χ1v) is 11.0. The van der Waals surface area contributed by atoms with E-state index < -0.39 is 26.9 Å². The van der Waals surface area contributed by atoms with Crippen LogP contribution in [0.1, 0.15) is 24.5 Å². The molecule has 0 heterocycles. The minimum Gasteiger partial charge on any atom is -0.324 e. The van der Waals surface area contributed by atoms with Crippen LogP contribution >= 0.6 is 11.6 Å². The van der Waals surface area contributed by atoms with Gasteiger partial charge in [0.15, 0.2) is 0 Å². The molecule has 0 fully saturated rings. The van der Waals surface area contributed by atoms with Gasteiger partial charge in [-0.05, 0) is 43.5 Å². The van der Waals surface area contributed by atoms with E-state index in [0.29, 0.717) is 21.8 Å². The number of rotatable bonds is 7. The van der Waals surface area contributed by atoms with Crippen LogP contribution < -0.4 is 9.62 Å². The Morgan fingerprint density at radius 1 is 1.21 bits per heavy atom. The van der Waals surface area contributed by atoms with Gasteiger partial charge in [-0.15, -0.1) is 0 Å². The molecule has 10 heteroatoms. The minimum atomic E-state index is -3.83. The van der Waals surface area contributed by atoms with Gasteiger partial charge in [0, 0.05) is 17.2 Å². The normalized spacial score (nSPS) is 12.3. The number of non-ortho nitro benzene ring substituents is 1. The van der Waals surface area contributed by atoms with Gasteiger partial charge < -0.3 is 5.32 Å². The maximum atomic E-state index is 13.0. The van der Waals surface area contributed by atoms with Crippen molar-refractivity contribution in [2.24, 2.45) is 0 Å². The minimum absolute atomic E-state index is 0.176. The van der Waals surface area contributed by atoms with Crippen LogP contribution in [0.5, 0.6) is 0 Å². The fraction of sp³-hybridized carbons (Fsp3) is 0.316. The van der Waals surface area contributed by atoms with Crippen LogP contribution in [0.4, 0.5) is 17.1 Å². The van der Waals surface area contributed by atoms with Crippen molar-refractivity contribution in [2.75, 3.05) is 15.9 Å². The summed E-state index contributed by atoms with van der Waals surface area (Å²) < 4.78 is 26.2. The van der Waals surface area contributed by atoms with Gasteiger partial charge in [-0.1, -0.05) is 30.7 Å². The molecule has 0 saturated carbocycles. The zero-order chi connectivity index (χ0) is 21.9. The lowest BCUT2D eigenvalue weighted by atomic mass is 10.1. The van der Waals surface area contributed by atoms with Crippen molar-refractivity contribution >= 4 is 44.6 Å². The van der Waals surface area contributed by atoms with E-state index in [4.69, 9.17) is 11.6 Å².